The molecule has 1 radical (unpaired) electrons. The number of rotatable bonds is 2. The molecule has 0 unspecified atom stereocenters. The van der Waals surface area contributed by atoms with Crippen molar-refractivity contribution in [2.45, 2.75) is 159 Å². The van der Waals surface area contributed by atoms with E-state index in [0.29, 0.717) is 0 Å². The van der Waals surface area contributed by atoms with Gasteiger partial charge in [-0.25, -0.2) is 4.57 Å². The van der Waals surface area contributed by atoms with Crippen LogP contribution in [0.3, 0.4) is 0 Å². The van der Waals surface area contributed by atoms with Gasteiger partial charge in [-0.1, -0.05) is 255 Å². The van der Waals surface area contributed by atoms with Crippen LogP contribution in [0.15, 0.2) is 140 Å². The van der Waals surface area contributed by atoms with Crippen LogP contribution in [0.2, 0.25) is 0 Å². The molecule has 0 spiro atoms. The Morgan fingerprint density at radius 3 is 0.810 bits per heavy atom. The number of nitrogens with zero attached hydrogens (tertiary/aromatic N) is 1. The molecule has 0 aliphatic carbocycles. The fourth-order valence-corrected chi connectivity index (χ4v) is 2.92. The van der Waals surface area contributed by atoms with Crippen LogP contribution in [0.25, 0.3) is 10.8 Å². The number of pyridine rings is 1. The van der Waals surface area contributed by atoms with Gasteiger partial charge in [0.2, 0.25) is 0 Å². The summed E-state index contributed by atoms with van der Waals surface area (Å²) in [5.74, 6) is 0. The second-order valence-corrected chi connectivity index (χ2v) is 8.21. The van der Waals surface area contributed by atoms with E-state index >= 15 is 0 Å². The van der Waals surface area contributed by atoms with Gasteiger partial charge >= 0.3 is 0 Å². The predicted molar refractivity (Wildman–Crippen MR) is 278 cm³/mol. The molecule has 0 bridgehead atoms. The van der Waals surface area contributed by atoms with Gasteiger partial charge in [0.15, 0.2) is 18.9 Å². The van der Waals surface area contributed by atoms with Crippen molar-refractivity contribution >= 4 is 16.5 Å². The van der Waals surface area contributed by atoms with Crippen molar-refractivity contribution in [3.05, 3.63) is 153 Å². The number of anilines is 1. The maximum Gasteiger partial charge on any atom is 0.173 e. The average Bonchev–Trinajstić information content (AvgIpc) is 3.29. The SMILES string of the molecule is C.C.CC.CC.CC.CC.CC.CC.CC.CCC.CCC.CN.CN.Nc1ccccc1.[CH3-].[V].c1ccc(C[n+]2ccccc2)cc1.c1ccc2ccccc2c1. The first-order valence-corrected chi connectivity index (χ1v) is 21.0. The zero-order chi connectivity index (χ0) is 44.3. The van der Waals surface area contributed by atoms with Gasteiger partial charge in [0, 0.05) is 41.9 Å². The molecule has 1 heterocycles. The molecule has 0 saturated heterocycles. The molecule has 5 heteroatoms. The van der Waals surface area contributed by atoms with Crippen molar-refractivity contribution in [1.82, 2.24) is 0 Å². The minimum absolute atomic E-state index is 0. The van der Waals surface area contributed by atoms with Crippen LogP contribution in [-0.2, 0) is 25.1 Å². The third-order valence-electron chi connectivity index (χ3n) is 4.44. The van der Waals surface area contributed by atoms with Crippen molar-refractivity contribution in [2.75, 3.05) is 19.8 Å². The zero-order valence-corrected chi connectivity index (χ0v) is 42.4. The molecule has 0 saturated carbocycles. The van der Waals surface area contributed by atoms with E-state index in [-0.39, 0.29) is 40.8 Å². The maximum atomic E-state index is 5.36. The molecule has 5 aromatic rings. The molecular weight excluding hydrogens is 744 g/mol. The van der Waals surface area contributed by atoms with Crippen LogP contribution in [0.1, 0.15) is 158 Å². The summed E-state index contributed by atoms with van der Waals surface area (Å²) < 4.78 is 2.16. The fourth-order valence-electron chi connectivity index (χ4n) is 2.92. The second-order valence-electron chi connectivity index (χ2n) is 8.21. The van der Waals surface area contributed by atoms with Crippen molar-refractivity contribution in [3.63, 3.8) is 0 Å². The summed E-state index contributed by atoms with van der Waals surface area (Å²) in [4.78, 5) is 0. The summed E-state index contributed by atoms with van der Waals surface area (Å²) in [5, 5.41) is 2.62. The number of fused-ring (bicyclic) bond motifs is 1. The van der Waals surface area contributed by atoms with E-state index in [1.807, 2.05) is 152 Å². The number of nitrogen functional groups attached to an aromatic ring is 1. The number of aromatic nitrogens is 1. The number of para-hydroxylation sites is 1. The van der Waals surface area contributed by atoms with Crippen LogP contribution in [0.5, 0.6) is 0 Å². The largest absolute Gasteiger partial charge is 0.399 e. The molecule has 58 heavy (non-hydrogen) atoms. The van der Waals surface area contributed by atoms with Crippen LogP contribution < -0.4 is 21.8 Å². The van der Waals surface area contributed by atoms with Crippen LogP contribution in [0, 0.1) is 7.43 Å². The number of benzene rings is 4. The van der Waals surface area contributed by atoms with Gasteiger partial charge in [-0.3, -0.25) is 0 Å². The molecule has 4 aromatic carbocycles. The van der Waals surface area contributed by atoms with Crippen molar-refractivity contribution in [1.29, 1.82) is 0 Å². The summed E-state index contributed by atoms with van der Waals surface area (Å²) >= 11 is 0. The van der Waals surface area contributed by atoms with Crippen LogP contribution in [0.4, 0.5) is 5.69 Å². The molecule has 4 nitrogen and oxygen atoms in total. The van der Waals surface area contributed by atoms with Gasteiger partial charge in [-0.15, -0.1) is 0 Å². The zero-order valence-electron chi connectivity index (χ0n) is 41.0. The molecule has 5 rings (SSSR count). The van der Waals surface area contributed by atoms with Gasteiger partial charge in [0.05, 0.1) is 0 Å². The second kappa shape index (κ2) is 105. The van der Waals surface area contributed by atoms with Crippen LogP contribution in [-0.4, -0.2) is 14.1 Å². The fraction of sp³-hybridized carbons (Fsp3) is 0.472. The standard InChI is InChI=1S/C12H12N.C10H8.C6H7N.2C3H8.7C2H6.2CH5N.2CH4.CH3.V/c1-3-7-12(8-4-1)11-13-9-5-2-6-10-13;1-2-6-10-8-4-3-7-9(10)5-1;7-6-4-2-1-3-5-6;2*1-3-2;9*1-2;;;;/h1-10H,11H2;1-8H;1-5H,7H2;2*3H2,1-2H3;7*1-2H3;2*2H2,1H3;2*1H4;1H3;/q+1;;;;;;;;;;;;;;;;-1;. The summed E-state index contributed by atoms with van der Waals surface area (Å²) in [6.45, 7) is 37.4. The first-order chi connectivity index (χ1) is 26.6. The third-order valence-corrected chi connectivity index (χ3v) is 4.44. The van der Waals surface area contributed by atoms with Gasteiger partial charge in [0.25, 0.3) is 0 Å². The van der Waals surface area contributed by atoms with Gasteiger partial charge in [-0.05, 0) is 37.0 Å². The minimum Gasteiger partial charge on any atom is -0.399 e. The van der Waals surface area contributed by atoms with Gasteiger partial charge in [-0.2, -0.15) is 0 Å². The molecular formula is C53H106N4V. The average molecular weight is 850 g/mol. The van der Waals surface area contributed by atoms with E-state index < -0.39 is 0 Å². The quantitative estimate of drug-likeness (QED) is 0.0940. The maximum absolute atomic E-state index is 5.36. The van der Waals surface area contributed by atoms with Crippen molar-refractivity contribution in [3.8, 4) is 0 Å². The van der Waals surface area contributed by atoms with Crippen LogP contribution >= 0.6 is 0 Å². The van der Waals surface area contributed by atoms with Gasteiger partial charge < -0.3 is 24.6 Å². The predicted octanol–water partition coefficient (Wildman–Crippen LogP) is 17.0. The molecule has 0 fully saturated rings. The molecule has 1 aromatic heterocycles. The Morgan fingerprint density at radius 1 is 0.379 bits per heavy atom. The summed E-state index contributed by atoms with van der Waals surface area (Å²) in [5.41, 5.74) is 16.5. The summed E-state index contributed by atoms with van der Waals surface area (Å²) in [6, 6.07) is 42.8. The topological polar surface area (TPSA) is 81.9 Å². The van der Waals surface area contributed by atoms with E-state index in [9.17, 15) is 0 Å². The van der Waals surface area contributed by atoms with E-state index in [2.05, 4.69) is 129 Å². The smallest absolute Gasteiger partial charge is 0.173 e. The first-order valence-electron chi connectivity index (χ1n) is 21.0. The van der Waals surface area contributed by atoms with E-state index in [1.165, 1.54) is 43.3 Å². The number of hydrogen-bond acceptors (Lipinski definition) is 3. The Morgan fingerprint density at radius 2 is 0.586 bits per heavy atom. The summed E-state index contributed by atoms with van der Waals surface area (Å²) in [7, 11) is 3.00. The Labute approximate surface area is 380 Å². The normalized spacial score (nSPS) is 6.52. The first kappa shape index (κ1) is 90.6. The van der Waals surface area contributed by atoms with Crippen molar-refractivity contribution < 1.29 is 23.1 Å². The molecule has 0 atom stereocenters. The monoisotopic (exact) mass is 850 g/mol. The Bertz CT molecular complexity index is 1050. The molecule has 0 amide bonds. The number of hydrogen-bond donors (Lipinski definition) is 3. The summed E-state index contributed by atoms with van der Waals surface area (Å²) in [6.07, 6.45) is 6.65. The van der Waals surface area contributed by atoms with Crippen molar-refractivity contribution in [2.24, 2.45) is 11.5 Å². The Balaban J connectivity index is -0.0000000373. The molecule has 0 aliphatic heterocycles. The van der Waals surface area contributed by atoms with E-state index in [4.69, 9.17) is 5.73 Å². The third kappa shape index (κ3) is 77.2. The van der Waals surface area contributed by atoms with E-state index in [1.54, 1.807) is 0 Å². The number of nitrogens with two attached hydrogens (primary N) is 3. The Hall–Kier alpha value is -3.41. The molecule has 343 valence electrons. The minimum atomic E-state index is 0. The van der Waals surface area contributed by atoms with Gasteiger partial charge in [0.1, 0.15) is 0 Å². The molecule has 0 aliphatic rings. The Kier molecular flexibility index (Phi) is 164. The van der Waals surface area contributed by atoms with E-state index in [0.717, 1.165) is 12.2 Å². The molecule has 6 N–H and O–H groups in total.